The number of thiophene rings is 1. The number of likely N-dealkylation sites (N-methyl/N-ethyl adjacent to an activating group) is 1. The molecule has 1 aromatic carbocycles. The second-order valence-corrected chi connectivity index (χ2v) is 6.79. The number of carbonyl (C=O) groups excluding carboxylic acids is 1. The summed E-state index contributed by atoms with van der Waals surface area (Å²) >= 11 is 7.73. The van der Waals surface area contributed by atoms with Gasteiger partial charge in [0, 0.05) is 5.02 Å². The molecule has 1 heterocycles. The maximum absolute atomic E-state index is 12.6. The molecule has 0 fully saturated rings. The first-order valence-corrected chi connectivity index (χ1v) is 8.82. The smallest absolute Gasteiger partial charge is 0.282 e. The molecule has 0 aliphatic rings. The van der Waals surface area contributed by atoms with E-state index in [2.05, 4.69) is 23.7 Å². The summed E-state index contributed by atoms with van der Waals surface area (Å²) in [5.74, 6) is 0.560. The molecule has 0 saturated carbocycles. The molecule has 1 aromatic heterocycles. The molecule has 0 radical (unpaired) electrons. The van der Waals surface area contributed by atoms with E-state index in [1.165, 1.54) is 9.78 Å². The number of hydrogen-bond acceptors (Lipinski definition) is 3. The van der Waals surface area contributed by atoms with Crippen molar-refractivity contribution in [1.82, 2.24) is 0 Å². The number of amides is 1. The maximum Gasteiger partial charge on any atom is 0.282 e. The Morgan fingerprint density at radius 2 is 2.22 bits per heavy atom. The number of carbonyl (C=O) groups is 1. The fourth-order valence-electron chi connectivity index (χ4n) is 2.43. The summed E-state index contributed by atoms with van der Waals surface area (Å²) < 4.78 is 5.27. The Hall–Kier alpha value is -1.56. The Balaban J connectivity index is 2.08. The van der Waals surface area contributed by atoms with Crippen molar-refractivity contribution in [3.05, 3.63) is 45.6 Å². The van der Waals surface area contributed by atoms with Crippen molar-refractivity contribution >= 4 is 34.5 Å². The molecule has 1 unspecified atom stereocenters. The minimum atomic E-state index is -0.175. The molecule has 0 aliphatic carbocycles. The Kier molecular flexibility index (Phi) is 6.45. The van der Waals surface area contributed by atoms with Crippen LogP contribution in [0.3, 0.4) is 0 Å². The third-order valence-corrected chi connectivity index (χ3v) is 4.97. The molecule has 0 bridgehead atoms. The number of nitrogens with one attached hydrogen (secondary N) is 2. The van der Waals surface area contributed by atoms with Gasteiger partial charge in [-0.3, -0.25) is 4.79 Å². The van der Waals surface area contributed by atoms with Gasteiger partial charge in [0.15, 0.2) is 6.04 Å². The molecular weight excluding hydrogens is 332 g/mol. The van der Waals surface area contributed by atoms with Gasteiger partial charge in [0.25, 0.3) is 5.91 Å². The first kappa shape index (κ1) is 17.8. The Bertz CT molecular complexity index is 646. The molecule has 0 saturated heterocycles. The van der Waals surface area contributed by atoms with Crippen molar-refractivity contribution in [2.45, 2.75) is 26.4 Å². The van der Waals surface area contributed by atoms with Crippen molar-refractivity contribution in [2.75, 3.05) is 19.0 Å². The topological polar surface area (TPSA) is 42.8 Å². The lowest BCUT2D eigenvalue weighted by Crippen LogP contribution is -3.15. The minimum Gasteiger partial charge on any atom is -0.495 e. The number of methoxy groups -OCH3 is 1. The van der Waals surface area contributed by atoms with Crippen LogP contribution < -0.4 is 15.0 Å². The van der Waals surface area contributed by atoms with Gasteiger partial charge >= 0.3 is 0 Å². The number of benzene rings is 1. The van der Waals surface area contributed by atoms with Crippen LogP contribution in [0.1, 0.15) is 18.7 Å². The lowest BCUT2D eigenvalue weighted by molar-refractivity contribution is -0.925. The van der Waals surface area contributed by atoms with Gasteiger partial charge < -0.3 is 15.0 Å². The highest BCUT2D eigenvalue weighted by Gasteiger charge is 2.25. The van der Waals surface area contributed by atoms with Gasteiger partial charge in [-0.1, -0.05) is 17.7 Å². The van der Waals surface area contributed by atoms with Gasteiger partial charge in [-0.2, -0.15) is 0 Å². The van der Waals surface area contributed by atoms with Crippen molar-refractivity contribution in [3.63, 3.8) is 0 Å². The first-order valence-electron chi connectivity index (χ1n) is 7.56. The molecule has 0 aliphatic heterocycles. The summed E-state index contributed by atoms with van der Waals surface area (Å²) in [7, 11) is 1.57. The molecule has 4 nitrogen and oxygen atoms in total. The van der Waals surface area contributed by atoms with Gasteiger partial charge in [-0.25, -0.2) is 0 Å². The average Bonchev–Trinajstić information content (AvgIpc) is 3.05. The quantitative estimate of drug-likeness (QED) is 0.803. The maximum atomic E-state index is 12.6. The number of halogens is 1. The number of hydrogen-bond donors (Lipinski definition) is 2. The summed E-state index contributed by atoms with van der Waals surface area (Å²) in [5, 5.41) is 5.55. The lowest BCUT2D eigenvalue weighted by Gasteiger charge is -2.24. The summed E-state index contributed by atoms with van der Waals surface area (Å²) in [6, 6.07) is 9.15. The first-order chi connectivity index (χ1) is 11.0. The highest BCUT2D eigenvalue weighted by Crippen LogP contribution is 2.27. The molecule has 23 heavy (non-hydrogen) atoms. The van der Waals surface area contributed by atoms with E-state index >= 15 is 0 Å². The van der Waals surface area contributed by atoms with Gasteiger partial charge in [-0.15, -0.1) is 11.3 Å². The fourth-order valence-corrected chi connectivity index (χ4v) is 3.36. The van der Waals surface area contributed by atoms with E-state index < -0.39 is 0 Å². The van der Waals surface area contributed by atoms with Crippen molar-refractivity contribution in [2.24, 2.45) is 0 Å². The zero-order chi connectivity index (χ0) is 16.8. The summed E-state index contributed by atoms with van der Waals surface area (Å²) in [4.78, 5) is 15.1. The van der Waals surface area contributed by atoms with Crippen LogP contribution in [0.15, 0.2) is 35.7 Å². The van der Waals surface area contributed by atoms with Crippen molar-refractivity contribution in [3.8, 4) is 5.75 Å². The van der Waals surface area contributed by atoms with Crippen LogP contribution >= 0.6 is 22.9 Å². The van der Waals surface area contributed by atoms with E-state index in [0.29, 0.717) is 16.5 Å². The third-order valence-electron chi connectivity index (χ3n) is 3.86. The molecule has 2 aromatic rings. The fraction of sp³-hybridized carbons (Fsp3) is 0.353. The molecular formula is C17H22ClN2O2S+. The van der Waals surface area contributed by atoms with Gasteiger partial charge in [0.2, 0.25) is 0 Å². The van der Waals surface area contributed by atoms with Crippen LogP contribution in [0.5, 0.6) is 5.75 Å². The standard InChI is InChI=1S/C17H21ClN2O2S/c1-4-20(11-14-6-5-9-23-14)12(2)17(21)19-15-10-13(18)7-8-16(15)22-3/h5-10,12H,4,11H2,1-3H3,(H,19,21)/p+1/t12-/m1/s1. The molecule has 124 valence electrons. The van der Waals surface area contributed by atoms with Crippen LogP contribution in [0.25, 0.3) is 0 Å². The number of quaternary nitrogens is 1. The van der Waals surface area contributed by atoms with Crippen LogP contribution in [-0.2, 0) is 11.3 Å². The summed E-state index contributed by atoms with van der Waals surface area (Å²) in [6.45, 7) is 5.75. The second kappa shape index (κ2) is 8.34. The second-order valence-electron chi connectivity index (χ2n) is 5.32. The molecule has 0 spiro atoms. The third kappa shape index (κ3) is 4.70. The molecule has 2 N–H and O–H groups in total. The van der Waals surface area contributed by atoms with Crippen LogP contribution in [0.4, 0.5) is 5.69 Å². The predicted molar refractivity (Wildman–Crippen MR) is 95.6 cm³/mol. The van der Waals surface area contributed by atoms with E-state index in [-0.39, 0.29) is 11.9 Å². The van der Waals surface area contributed by atoms with Crippen molar-refractivity contribution in [1.29, 1.82) is 0 Å². The van der Waals surface area contributed by atoms with Crippen molar-refractivity contribution < 1.29 is 14.4 Å². The van der Waals surface area contributed by atoms with E-state index in [0.717, 1.165) is 13.1 Å². The van der Waals surface area contributed by atoms with E-state index in [1.807, 2.05) is 13.0 Å². The molecule has 6 heteroatoms. The predicted octanol–water partition coefficient (Wildman–Crippen LogP) is 2.84. The van der Waals surface area contributed by atoms with Crippen LogP contribution in [0, 0.1) is 0 Å². The largest absolute Gasteiger partial charge is 0.495 e. The minimum absolute atomic E-state index is 0.0426. The number of rotatable bonds is 7. The van der Waals surface area contributed by atoms with E-state index in [4.69, 9.17) is 16.3 Å². The highest BCUT2D eigenvalue weighted by atomic mass is 35.5. The number of ether oxygens (including phenoxy) is 1. The highest BCUT2D eigenvalue weighted by molar-refractivity contribution is 7.09. The molecule has 1 amide bonds. The normalized spacial score (nSPS) is 13.4. The SMILES string of the molecule is CC[NH+](Cc1cccs1)[C@H](C)C(=O)Nc1cc(Cl)ccc1OC. The Morgan fingerprint density at radius 1 is 1.43 bits per heavy atom. The van der Waals surface area contributed by atoms with E-state index in [1.54, 1.807) is 36.6 Å². The Morgan fingerprint density at radius 3 is 2.83 bits per heavy atom. The summed E-state index contributed by atoms with van der Waals surface area (Å²) in [6.07, 6.45) is 0. The zero-order valence-electron chi connectivity index (χ0n) is 13.6. The molecule has 2 rings (SSSR count). The van der Waals surface area contributed by atoms with Gasteiger partial charge in [-0.05, 0) is 43.5 Å². The Labute approximate surface area is 146 Å². The number of anilines is 1. The monoisotopic (exact) mass is 353 g/mol. The lowest BCUT2D eigenvalue weighted by atomic mass is 10.2. The van der Waals surface area contributed by atoms with Crippen LogP contribution in [-0.4, -0.2) is 25.6 Å². The van der Waals surface area contributed by atoms with Gasteiger partial charge in [0.1, 0.15) is 12.3 Å². The van der Waals surface area contributed by atoms with E-state index in [9.17, 15) is 4.79 Å². The molecule has 2 atom stereocenters. The van der Waals surface area contributed by atoms with Gasteiger partial charge in [0.05, 0.1) is 24.2 Å². The zero-order valence-corrected chi connectivity index (χ0v) is 15.1. The summed E-state index contributed by atoms with van der Waals surface area (Å²) in [5.41, 5.74) is 0.600. The van der Waals surface area contributed by atoms with Crippen LogP contribution in [0.2, 0.25) is 5.02 Å². The average molecular weight is 354 g/mol.